The Morgan fingerprint density at radius 3 is 2.71 bits per heavy atom. The molecule has 3 rings (SSSR count). The molecule has 0 amide bonds. The van der Waals surface area contributed by atoms with Gasteiger partial charge in [-0.25, -0.2) is 0 Å². The molecule has 1 saturated heterocycles. The predicted octanol–water partition coefficient (Wildman–Crippen LogP) is 2.43. The lowest BCUT2D eigenvalue weighted by Crippen LogP contribution is -2.37. The van der Waals surface area contributed by atoms with Crippen LogP contribution >= 0.6 is 0 Å². The van der Waals surface area contributed by atoms with Crippen molar-refractivity contribution in [3.8, 4) is 11.5 Å². The number of methoxy groups -OCH3 is 2. The number of benzene rings is 1. The van der Waals surface area contributed by atoms with Crippen LogP contribution < -0.4 is 9.47 Å². The van der Waals surface area contributed by atoms with Gasteiger partial charge in [0.25, 0.3) is 0 Å². The molecule has 0 aliphatic carbocycles. The molecule has 1 N–H and O–H groups in total. The van der Waals surface area contributed by atoms with Crippen LogP contribution in [-0.4, -0.2) is 66.3 Å². The molecule has 7 nitrogen and oxygen atoms in total. The van der Waals surface area contributed by atoms with Gasteiger partial charge in [0, 0.05) is 50.2 Å². The molecule has 7 heteroatoms. The van der Waals surface area contributed by atoms with E-state index >= 15 is 0 Å². The third-order valence-corrected chi connectivity index (χ3v) is 5.09. The maximum Gasteiger partial charge on any atom is 0.325 e. The molecular formula is C21H27N3O4. The van der Waals surface area contributed by atoms with E-state index in [-0.39, 0.29) is 0 Å². The van der Waals surface area contributed by atoms with Crippen LogP contribution in [0.5, 0.6) is 11.5 Å². The number of hydrogen-bond acceptors (Lipinski definition) is 6. The van der Waals surface area contributed by atoms with Crippen LogP contribution in [0.4, 0.5) is 0 Å². The molecule has 28 heavy (non-hydrogen) atoms. The van der Waals surface area contributed by atoms with E-state index in [0.29, 0.717) is 23.6 Å². The first-order chi connectivity index (χ1) is 13.6. The molecule has 2 aromatic rings. The van der Waals surface area contributed by atoms with Crippen molar-refractivity contribution in [2.24, 2.45) is 0 Å². The van der Waals surface area contributed by atoms with Crippen LogP contribution in [0, 0.1) is 0 Å². The SMILES string of the molecule is COc1ccc([C@@H](C(=O)O)N2CCCN(Cc3cccnc3)CC2)c(OC)c1. The number of carbonyl (C=O) groups is 1. The summed E-state index contributed by atoms with van der Waals surface area (Å²) in [5, 5.41) is 9.97. The maximum atomic E-state index is 12.2. The number of aliphatic carboxylic acids is 1. The van der Waals surface area contributed by atoms with Crippen LogP contribution in [0.15, 0.2) is 42.7 Å². The molecule has 2 heterocycles. The van der Waals surface area contributed by atoms with E-state index in [0.717, 1.165) is 32.6 Å². The third kappa shape index (κ3) is 4.79. The van der Waals surface area contributed by atoms with Gasteiger partial charge >= 0.3 is 5.97 Å². The number of hydrogen-bond donors (Lipinski definition) is 1. The van der Waals surface area contributed by atoms with Crippen molar-refractivity contribution in [3.63, 3.8) is 0 Å². The first-order valence-corrected chi connectivity index (χ1v) is 9.42. The first kappa shape index (κ1) is 20.1. The molecule has 0 bridgehead atoms. The number of nitrogens with zero attached hydrogens (tertiary/aromatic N) is 3. The second kappa shape index (κ2) is 9.52. The molecule has 150 valence electrons. The van der Waals surface area contributed by atoms with Gasteiger partial charge in [-0.05, 0) is 36.7 Å². The number of carboxylic acids is 1. The highest BCUT2D eigenvalue weighted by molar-refractivity contribution is 5.77. The largest absolute Gasteiger partial charge is 0.497 e. The van der Waals surface area contributed by atoms with Crippen molar-refractivity contribution in [1.82, 2.24) is 14.8 Å². The van der Waals surface area contributed by atoms with Gasteiger partial charge in [0.1, 0.15) is 17.5 Å². The van der Waals surface area contributed by atoms with Gasteiger partial charge in [-0.1, -0.05) is 6.07 Å². The Hall–Kier alpha value is -2.64. The van der Waals surface area contributed by atoms with E-state index in [9.17, 15) is 9.90 Å². The third-order valence-electron chi connectivity index (χ3n) is 5.09. The first-order valence-electron chi connectivity index (χ1n) is 9.42. The molecule has 1 aromatic carbocycles. The van der Waals surface area contributed by atoms with Crippen molar-refractivity contribution in [2.45, 2.75) is 19.0 Å². The Labute approximate surface area is 165 Å². The Morgan fingerprint density at radius 2 is 2.04 bits per heavy atom. The zero-order chi connectivity index (χ0) is 19.9. The second-order valence-electron chi connectivity index (χ2n) is 6.88. The Morgan fingerprint density at radius 1 is 1.18 bits per heavy atom. The number of pyridine rings is 1. The normalized spacial score (nSPS) is 16.9. The number of carboxylic acid groups (broad SMARTS) is 1. The topological polar surface area (TPSA) is 75.1 Å². The summed E-state index contributed by atoms with van der Waals surface area (Å²) in [6, 6.07) is 8.56. The minimum Gasteiger partial charge on any atom is -0.497 e. The summed E-state index contributed by atoms with van der Waals surface area (Å²) in [5.74, 6) is 0.302. The molecule has 0 radical (unpaired) electrons. The lowest BCUT2D eigenvalue weighted by atomic mass is 10.0. The van der Waals surface area contributed by atoms with Crippen molar-refractivity contribution in [2.75, 3.05) is 40.4 Å². The Balaban J connectivity index is 1.75. The maximum absolute atomic E-state index is 12.2. The highest BCUT2D eigenvalue weighted by atomic mass is 16.5. The van der Waals surface area contributed by atoms with Crippen LogP contribution in [0.2, 0.25) is 0 Å². The van der Waals surface area contributed by atoms with E-state index in [4.69, 9.17) is 9.47 Å². The fourth-order valence-electron chi connectivity index (χ4n) is 3.69. The summed E-state index contributed by atoms with van der Waals surface area (Å²) in [6.45, 7) is 3.95. The van der Waals surface area contributed by atoms with E-state index in [1.165, 1.54) is 5.56 Å². The lowest BCUT2D eigenvalue weighted by molar-refractivity contribution is -0.143. The van der Waals surface area contributed by atoms with Gasteiger partial charge < -0.3 is 14.6 Å². The molecule has 0 unspecified atom stereocenters. The highest BCUT2D eigenvalue weighted by Crippen LogP contribution is 2.33. The molecule has 0 spiro atoms. The monoisotopic (exact) mass is 385 g/mol. The average molecular weight is 385 g/mol. The summed E-state index contributed by atoms with van der Waals surface area (Å²) < 4.78 is 10.7. The van der Waals surface area contributed by atoms with E-state index in [2.05, 4.69) is 16.0 Å². The zero-order valence-electron chi connectivity index (χ0n) is 16.4. The molecule has 1 fully saturated rings. The summed E-state index contributed by atoms with van der Waals surface area (Å²) in [7, 11) is 3.13. The van der Waals surface area contributed by atoms with E-state index in [1.54, 1.807) is 38.6 Å². The standard InChI is InChI=1S/C21H27N3O4/c1-27-17-6-7-18(19(13-17)28-2)20(21(25)26)24-10-4-9-23(11-12-24)15-16-5-3-8-22-14-16/h3,5-8,13-14,20H,4,9-12,15H2,1-2H3,(H,25,26)/t20-/m0/s1. The molecule has 1 aromatic heterocycles. The molecule has 1 aliphatic rings. The van der Waals surface area contributed by atoms with Crippen LogP contribution in [0.1, 0.15) is 23.6 Å². The van der Waals surface area contributed by atoms with Gasteiger partial charge in [-0.15, -0.1) is 0 Å². The minimum absolute atomic E-state index is 0.531. The fourth-order valence-corrected chi connectivity index (χ4v) is 3.69. The van der Waals surface area contributed by atoms with Crippen molar-refractivity contribution >= 4 is 5.97 Å². The number of ether oxygens (including phenoxy) is 2. The number of aromatic nitrogens is 1. The quantitative estimate of drug-likeness (QED) is 0.784. The second-order valence-corrected chi connectivity index (χ2v) is 6.88. The fraction of sp³-hybridized carbons (Fsp3) is 0.429. The van der Waals surface area contributed by atoms with E-state index < -0.39 is 12.0 Å². The van der Waals surface area contributed by atoms with Crippen molar-refractivity contribution in [3.05, 3.63) is 53.9 Å². The van der Waals surface area contributed by atoms with Crippen LogP contribution in [0.25, 0.3) is 0 Å². The zero-order valence-corrected chi connectivity index (χ0v) is 16.4. The van der Waals surface area contributed by atoms with Gasteiger partial charge in [-0.3, -0.25) is 19.6 Å². The Bertz CT molecular complexity index is 784. The van der Waals surface area contributed by atoms with Gasteiger partial charge in [0.15, 0.2) is 0 Å². The summed E-state index contributed by atoms with van der Waals surface area (Å²) in [5.41, 5.74) is 1.82. The van der Waals surface area contributed by atoms with Gasteiger partial charge in [0.2, 0.25) is 0 Å². The van der Waals surface area contributed by atoms with Crippen LogP contribution in [-0.2, 0) is 11.3 Å². The smallest absolute Gasteiger partial charge is 0.325 e. The molecule has 0 saturated carbocycles. The predicted molar refractivity (Wildman–Crippen MR) is 106 cm³/mol. The van der Waals surface area contributed by atoms with E-state index in [1.807, 2.05) is 17.2 Å². The lowest BCUT2D eigenvalue weighted by Gasteiger charge is -2.29. The van der Waals surface area contributed by atoms with Crippen molar-refractivity contribution < 1.29 is 19.4 Å². The van der Waals surface area contributed by atoms with Crippen LogP contribution in [0.3, 0.4) is 0 Å². The summed E-state index contributed by atoms with van der Waals surface area (Å²) in [6.07, 6.45) is 4.56. The summed E-state index contributed by atoms with van der Waals surface area (Å²) >= 11 is 0. The summed E-state index contributed by atoms with van der Waals surface area (Å²) in [4.78, 5) is 20.7. The van der Waals surface area contributed by atoms with Gasteiger partial charge in [0.05, 0.1) is 14.2 Å². The van der Waals surface area contributed by atoms with Gasteiger partial charge in [-0.2, -0.15) is 0 Å². The molecule has 1 aliphatic heterocycles. The highest BCUT2D eigenvalue weighted by Gasteiger charge is 2.31. The minimum atomic E-state index is -0.871. The molecule has 1 atom stereocenters. The average Bonchev–Trinajstić information content (AvgIpc) is 2.94. The number of rotatable bonds is 7. The molecular weight excluding hydrogens is 358 g/mol. The Kier molecular flexibility index (Phi) is 6.84. The van der Waals surface area contributed by atoms with Crippen molar-refractivity contribution in [1.29, 1.82) is 0 Å².